The Balaban J connectivity index is 1.82. The standard InChI is InChI=1S/C17H12F3N3OS/c18-17(19,20)11-8-12(9-4-2-1-3-5-9)21-14-13(11)25-16(22-14)23-15(24)10-6-7-10/h1-5,8,10H,6-7H2,(H,21,22,23,24). The summed E-state index contributed by atoms with van der Waals surface area (Å²) in [5, 5.41) is 2.74. The summed E-state index contributed by atoms with van der Waals surface area (Å²) in [6.45, 7) is 0. The summed E-state index contributed by atoms with van der Waals surface area (Å²) in [5.74, 6) is -0.252. The van der Waals surface area contributed by atoms with Crippen molar-refractivity contribution in [1.82, 2.24) is 9.97 Å². The summed E-state index contributed by atoms with van der Waals surface area (Å²) in [4.78, 5) is 20.2. The first-order valence-electron chi connectivity index (χ1n) is 7.67. The van der Waals surface area contributed by atoms with Crippen LogP contribution in [0, 0.1) is 5.92 Å². The predicted molar refractivity (Wildman–Crippen MR) is 89.2 cm³/mol. The number of hydrogen-bond acceptors (Lipinski definition) is 4. The molecule has 0 atom stereocenters. The lowest BCUT2D eigenvalue weighted by molar-refractivity contribution is -0.136. The zero-order valence-electron chi connectivity index (χ0n) is 12.8. The number of nitrogens with one attached hydrogen (secondary N) is 1. The first-order valence-corrected chi connectivity index (χ1v) is 8.48. The van der Waals surface area contributed by atoms with Gasteiger partial charge in [0.25, 0.3) is 0 Å². The van der Waals surface area contributed by atoms with E-state index >= 15 is 0 Å². The molecule has 25 heavy (non-hydrogen) atoms. The van der Waals surface area contributed by atoms with Crippen molar-refractivity contribution in [3.05, 3.63) is 42.0 Å². The van der Waals surface area contributed by atoms with Gasteiger partial charge in [0, 0.05) is 11.5 Å². The van der Waals surface area contributed by atoms with E-state index in [2.05, 4.69) is 15.3 Å². The Morgan fingerprint density at radius 2 is 1.88 bits per heavy atom. The van der Waals surface area contributed by atoms with Crippen molar-refractivity contribution < 1.29 is 18.0 Å². The van der Waals surface area contributed by atoms with Gasteiger partial charge in [0.2, 0.25) is 5.91 Å². The lowest BCUT2D eigenvalue weighted by Gasteiger charge is -2.09. The Bertz CT molecular complexity index is 949. The number of amides is 1. The number of nitrogens with zero attached hydrogens (tertiary/aromatic N) is 2. The topological polar surface area (TPSA) is 54.9 Å². The van der Waals surface area contributed by atoms with E-state index in [1.807, 2.05) is 0 Å². The van der Waals surface area contributed by atoms with Gasteiger partial charge in [-0.15, -0.1) is 0 Å². The first-order chi connectivity index (χ1) is 11.9. The van der Waals surface area contributed by atoms with Crippen LogP contribution in [-0.4, -0.2) is 15.9 Å². The Labute approximate surface area is 144 Å². The van der Waals surface area contributed by atoms with Gasteiger partial charge in [0.15, 0.2) is 10.8 Å². The number of pyridine rings is 1. The monoisotopic (exact) mass is 363 g/mol. The minimum Gasteiger partial charge on any atom is -0.302 e. The Kier molecular flexibility index (Phi) is 3.72. The normalized spacial score (nSPS) is 14.7. The predicted octanol–water partition coefficient (Wildman–Crippen LogP) is 4.73. The highest BCUT2D eigenvalue weighted by Crippen LogP contribution is 2.40. The van der Waals surface area contributed by atoms with Gasteiger partial charge in [-0.3, -0.25) is 4.79 Å². The van der Waals surface area contributed by atoms with E-state index in [4.69, 9.17) is 0 Å². The SMILES string of the molecule is O=C(Nc1nc2nc(-c3ccccc3)cc(C(F)(F)F)c2s1)C1CC1. The average Bonchev–Trinajstić information content (AvgIpc) is 3.34. The van der Waals surface area contributed by atoms with Crippen LogP contribution in [0.3, 0.4) is 0 Å². The van der Waals surface area contributed by atoms with Gasteiger partial charge in [-0.1, -0.05) is 41.7 Å². The highest BCUT2D eigenvalue weighted by molar-refractivity contribution is 7.22. The molecule has 0 spiro atoms. The molecule has 1 aliphatic carbocycles. The van der Waals surface area contributed by atoms with Crippen LogP contribution in [-0.2, 0) is 11.0 Å². The number of anilines is 1. The van der Waals surface area contributed by atoms with E-state index in [1.54, 1.807) is 30.3 Å². The second-order valence-corrected chi connectivity index (χ2v) is 6.85. The third-order valence-electron chi connectivity index (χ3n) is 3.91. The van der Waals surface area contributed by atoms with Gasteiger partial charge < -0.3 is 5.32 Å². The fourth-order valence-electron chi connectivity index (χ4n) is 2.49. The number of hydrogen-bond donors (Lipinski definition) is 1. The molecular formula is C17H12F3N3OS. The molecular weight excluding hydrogens is 351 g/mol. The van der Waals surface area contributed by atoms with Gasteiger partial charge in [0.05, 0.1) is 16.0 Å². The van der Waals surface area contributed by atoms with Crippen molar-refractivity contribution >= 4 is 32.7 Å². The van der Waals surface area contributed by atoms with Crippen LogP contribution in [0.15, 0.2) is 36.4 Å². The van der Waals surface area contributed by atoms with Crippen LogP contribution >= 0.6 is 11.3 Å². The number of thiazole rings is 1. The van der Waals surface area contributed by atoms with Crippen molar-refractivity contribution in [3.63, 3.8) is 0 Å². The number of carbonyl (C=O) groups excluding carboxylic acids is 1. The van der Waals surface area contributed by atoms with E-state index in [0.29, 0.717) is 5.56 Å². The van der Waals surface area contributed by atoms with Gasteiger partial charge in [0.1, 0.15) is 0 Å². The maximum absolute atomic E-state index is 13.5. The second kappa shape index (κ2) is 5.80. The quantitative estimate of drug-likeness (QED) is 0.732. The van der Waals surface area contributed by atoms with Gasteiger partial charge >= 0.3 is 6.18 Å². The fraction of sp³-hybridized carbons (Fsp3) is 0.235. The van der Waals surface area contributed by atoms with Crippen molar-refractivity contribution in [2.24, 2.45) is 5.92 Å². The molecule has 3 aromatic rings. The Hall–Kier alpha value is -2.48. The summed E-state index contributed by atoms with van der Waals surface area (Å²) in [6.07, 6.45) is -2.92. The minimum absolute atomic E-state index is 0.00947. The molecule has 1 amide bonds. The number of benzene rings is 1. The van der Waals surface area contributed by atoms with E-state index < -0.39 is 11.7 Å². The summed E-state index contributed by atoms with van der Waals surface area (Å²) >= 11 is 0.803. The number of rotatable bonds is 3. The van der Waals surface area contributed by atoms with Crippen molar-refractivity contribution in [2.75, 3.05) is 5.32 Å². The van der Waals surface area contributed by atoms with Gasteiger partial charge in [-0.2, -0.15) is 18.2 Å². The van der Waals surface area contributed by atoms with E-state index in [-0.39, 0.29) is 33.0 Å². The van der Waals surface area contributed by atoms with E-state index in [0.717, 1.165) is 30.2 Å². The van der Waals surface area contributed by atoms with Crippen LogP contribution < -0.4 is 5.32 Å². The summed E-state index contributed by atoms with van der Waals surface area (Å²) in [7, 11) is 0. The van der Waals surface area contributed by atoms with Gasteiger partial charge in [-0.25, -0.2) is 4.98 Å². The minimum atomic E-state index is -4.53. The summed E-state index contributed by atoms with van der Waals surface area (Å²) < 4.78 is 40.4. The smallest absolute Gasteiger partial charge is 0.302 e. The maximum Gasteiger partial charge on any atom is 0.417 e. The molecule has 128 valence electrons. The zero-order valence-corrected chi connectivity index (χ0v) is 13.6. The van der Waals surface area contributed by atoms with E-state index in [9.17, 15) is 18.0 Å². The third-order valence-corrected chi connectivity index (χ3v) is 4.91. The number of halogens is 3. The van der Waals surface area contributed by atoms with E-state index in [1.165, 1.54) is 0 Å². The molecule has 1 N–H and O–H groups in total. The molecule has 4 nitrogen and oxygen atoms in total. The molecule has 0 saturated heterocycles. The second-order valence-electron chi connectivity index (χ2n) is 5.85. The van der Waals surface area contributed by atoms with Gasteiger partial charge in [-0.05, 0) is 18.9 Å². The highest BCUT2D eigenvalue weighted by Gasteiger charge is 2.35. The Morgan fingerprint density at radius 1 is 1.16 bits per heavy atom. The van der Waals surface area contributed by atoms with Crippen LogP contribution in [0.1, 0.15) is 18.4 Å². The first kappa shape index (κ1) is 16.0. The molecule has 1 saturated carbocycles. The fourth-order valence-corrected chi connectivity index (χ4v) is 3.43. The molecule has 2 aromatic heterocycles. The maximum atomic E-state index is 13.5. The lowest BCUT2D eigenvalue weighted by Crippen LogP contribution is -2.12. The molecule has 0 unspecified atom stereocenters. The molecule has 1 aromatic carbocycles. The number of carbonyl (C=O) groups is 1. The largest absolute Gasteiger partial charge is 0.417 e. The molecule has 1 aliphatic rings. The average molecular weight is 363 g/mol. The van der Waals surface area contributed by atoms with Crippen LogP contribution in [0.25, 0.3) is 21.6 Å². The van der Waals surface area contributed by atoms with Crippen molar-refractivity contribution in [1.29, 1.82) is 0 Å². The summed E-state index contributed by atoms with van der Waals surface area (Å²) in [5.41, 5.74) is -0.0252. The third kappa shape index (κ3) is 3.21. The highest BCUT2D eigenvalue weighted by atomic mass is 32.1. The lowest BCUT2D eigenvalue weighted by atomic mass is 10.1. The zero-order chi connectivity index (χ0) is 17.6. The molecule has 0 aliphatic heterocycles. The number of alkyl halides is 3. The molecule has 1 fully saturated rings. The van der Waals surface area contributed by atoms with Crippen molar-refractivity contribution in [2.45, 2.75) is 19.0 Å². The van der Waals surface area contributed by atoms with Crippen LogP contribution in [0.2, 0.25) is 0 Å². The molecule has 4 rings (SSSR count). The summed E-state index contributed by atoms with van der Waals surface area (Å²) in [6, 6.07) is 9.66. The molecule has 8 heteroatoms. The molecule has 2 heterocycles. The van der Waals surface area contributed by atoms with Crippen LogP contribution in [0.5, 0.6) is 0 Å². The molecule has 0 bridgehead atoms. The molecule has 0 radical (unpaired) electrons. The van der Waals surface area contributed by atoms with Crippen molar-refractivity contribution in [3.8, 4) is 11.3 Å². The number of fused-ring (bicyclic) bond motifs is 1. The van der Waals surface area contributed by atoms with Crippen LogP contribution in [0.4, 0.5) is 18.3 Å². The number of aromatic nitrogens is 2. The Morgan fingerprint density at radius 3 is 2.52 bits per heavy atom.